The summed E-state index contributed by atoms with van der Waals surface area (Å²) in [5, 5.41) is 13.0. The average Bonchev–Trinajstić information content (AvgIpc) is 2.29. The van der Waals surface area contributed by atoms with E-state index in [1.807, 2.05) is 0 Å². The fourth-order valence-electron chi connectivity index (χ4n) is 1.03. The first-order valence-electron chi connectivity index (χ1n) is 4.56. The van der Waals surface area contributed by atoms with Crippen LogP contribution in [-0.4, -0.2) is 19.0 Å². The van der Waals surface area contributed by atoms with Crippen molar-refractivity contribution in [1.82, 2.24) is 5.32 Å². The molecular weight excluding hydrogens is 296 g/mol. The number of anilines is 1. The third-order valence-corrected chi connectivity index (χ3v) is 2.42. The molecule has 2 N–H and O–H groups in total. The van der Waals surface area contributed by atoms with Crippen molar-refractivity contribution >= 4 is 27.5 Å². The number of carbonyl (C=O) groups excluding carboxylic acids is 1. The minimum Gasteiger partial charge on any atom is -0.374 e. The Labute approximate surface area is 105 Å². The Morgan fingerprint density at radius 2 is 2.12 bits per heavy atom. The van der Waals surface area contributed by atoms with Gasteiger partial charge in [0.25, 0.3) is 0 Å². The van der Waals surface area contributed by atoms with Crippen LogP contribution in [0.2, 0.25) is 0 Å². The molecule has 0 saturated carbocycles. The summed E-state index contributed by atoms with van der Waals surface area (Å²) in [7, 11) is 0. The lowest BCUT2D eigenvalue weighted by atomic mass is 10.3. The topological polar surface area (TPSA) is 64.9 Å². The number of rotatable bonds is 4. The SMILES string of the molecule is N#CCNC(=O)CNc1cc(Br)c(F)cc1F. The summed E-state index contributed by atoms with van der Waals surface area (Å²) in [6.45, 7) is -0.313. The first-order chi connectivity index (χ1) is 8.04. The second kappa shape index (κ2) is 6.15. The molecule has 0 fully saturated rings. The Balaban J connectivity index is 2.61. The second-order valence-corrected chi connectivity index (χ2v) is 3.89. The highest BCUT2D eigenvalue weighted by atomic mass is 79.9. The lowest BCUT2D eigenvalue weighted by molar-refractivity contribution is -0.119. The van der Waals surface area contributed by atoms with Gasteiger partial charge in [0, 0.05) is 6.07 Å². The molecule has 7 heteroatoms. The van der Waals surface area contributed by atoms with E-state index in [2.05, 4.69) is 26.6 Å². The van der Waals surface area contributed by atoms with Crippen molar-refractivity contribution in [3.05, 3.63) is 28.2 Å². The van der Waals surface area contributed by atoms with Crippen molar-refractivity contribution in [2.24, 2.45) is 0 Å². The van der Waals surface area contributed by atoms with Crippen LogP contribution < -0.4 is 10.6 Å². The standard InChI is InChI=1S/C10H8BrF2N3O/c11-6-3-9(8(13)4-7(6)12)16-5-10(17)15-2-1-14/h3-4,16H,2,5H2,(H,15,17). The van der Waals surface area contributed by atoms with Gasteiger partial charge in [0.2, 0.25) is 5.91 Å². The summed E-state index contributed by atoms with van der Waals surface area (Å²) in [4.78, 5) is 11.1. The first-order valence-corrected chi connectivity index (χ1v) is 5.36. The van der Waals surface area contributed by atoms with Gasteiger partial charge in [-0.05, 0) is 22.0 Å². The Hall–Kier alpha value is -1.68. The van der Waals surface area contributed by atoms with Crippen molar-refractivity contribution in [2.45, 2.75) is 0 Å². The summed E-state index contributed by atoms with van der Waals surface area (Å²) in [5.74, 6) is -1.97. The summed E-state index contributed by atoms with van der Waals surface area (Å²) in [6, 6.07) is 3.64. The number of benzene rings is 1. The summed E-state index contributed by atoms with van der Waals surface area (Å²) in [5.41, 5.74) is 0.00498. The van der Waals surface area contributed by atoms with Gasteiger partial charge in [-0.2, -0.15) is 5.26 Å². The van der Waals surface area contributed by atoms with Gasteiger partial charge in [0.1, 0.15) is 18.2 Å². The summed E-state index contributed by atoms with van der Waals surface area (Å²) < 4.78 is 26.2. The Morgan fingerprint density at radius 3 is 2.76 bits per heavy atom. The highest BCUT2D eigenvalue weighted by molar-refractivity contribution is 9.10. The molecule has 1 aromatic carbocycles. The monoisotopic (exact) mass is 303 g/mol. The number of carbonyl (C=O) groups is 1. The fraction of sp³-hybridized carbons (Fsp3) is 0.200. The van der Waals surface area contributed by atoms with Gasteiger partial charge < -0.3 is 10.6 Å². The van der Waals surface area contributed by atoms with E-state index in [9.17, 15) is 13.6 Å². The number of nitriles is 1. The molecule has 0 aliphatic rings. The molecule has 0 aromatic heterocycles. The Morgan fingerprint density at radius 1 is 1.41 bits per heavy atom. The largest absolute Gasteiger partial charge is 0.374 e. The molecule has 0 unspecified atom stereocenters. The maximum Gasteiger partial charge on any atom is 0.240 e. The van der Waals surface area contributed by atoms with E-state index < -0.39 is 17.5 Å². The van der Waals surface area contributed by atoms with Crippen LogP contribution in [0.25, 0.3) is 0 Å². The minimum absolute atomic E-state index is 0.00498. The van der Waals surface area contributed by atoms with E-state index in [0.717, 1.165) is 0 Å². The maximum atomic E-state index is 13.2. The van der Waals surface area contributed by atoms with Gasteiger partial charge in [-0.1, -0.05) is 0 Å². The van der Waals surface area contributed by atoms with Crippen LogP contribution in [0.1, 0.15) is 0 Å². The van der Waals surface area contributed by atoms with Gasteiger partial charge in [-0.15, -0.1) is 0 Å². The number of amides is 1. The van der Waals surface area contributed by atoms with E-state index >= 15 is 0 Å². The Kier molecular flexibility index (Phi) is 4.84. The molecule has 1 amide bonds. The molecule has 1 rings (SSSR count). The lowest BCUT2D eigenvalue weighted by Gasteiger charge is -2.08. The quantitative estimate of drug-likeness (QED) is 0.658. The van der Waals surface area contributed by atoms with Crippen molar-refractivity contribution in [2.75, 3.05) is 18.4 Å². The highest BCUT2D eigenvalue weighted by Crippen LogP contribution is 2.23. The smallest absolute Gasteiger partial charge is 0.240 e. The van der Waals surface area contributed by atoms with E-state index in [0.29, 0.717) is 6.07 Å². The van der Waals surface area contributed by atoms with E-state index in [1.165, 1.54) is 6.07 Å². The van der Waals surface area contributed by atoms with E-state index in [1.54, 1.807) is 6.07 Å². The summed E-state index contributed by atoms with van der Waals surface area (Å²) in [6.07, 6.45) is 0. The zero-order chi connectivity index (χ0) is 12.8. The van der Waals surface area contributed by atoms with Crippen LogP contribution in [-0.2, 0) is 4.79 Å². The number of hydrogen-bond acceptors (Lipinski definition) is 3. The van der Waals surface area contributed by atoms with E-state index in [-0.39, 0.29) is 23.2 Å². The van der Waals surface area contributed by atoms with Crippen LogP contribution >= 0.6 is 15.9 Å². The normalized spacial score (nSPS) is 9.53. The molecule has 0 bridgehead atoms. The summed E-state index contributed by atoms with van der Waals surface area (Å²) >= 11 is 2.90. The molecule has 4 nitrogen and oxygen atoms in total. The number of hydrogen-bond donors (Lipinski definition) is 2. The lowest BCUT2D eigenvalue weighted by Crippen LogP contribution is -2.30. The molecule has 0 spiro atoms. The molecule has 0 heterocycles. The molecule has 0 radical (unpaired) electrons. The van der Waals surface area contributed by atoms with Crippen LogP contribution in [0.4, 0.5) is 14.5 Å². The molecule has 0 atom stereocenters. The molecule has 17 heavy (non-hydrogen) atoms. The third-order valence-electron chi connectivity index (χ3n) is 1.81. The van der Waals surface area contributed by atoms with Crippen molar-refractivity contribution < 1.29 is 13.6 Å². The van der Waals surface area contributed by atoms with Gasteiger partial charge in [0.05, 0.1) is 22.8 Å². The predicted octanol–water partition coefficient (Wildman–Crippen LogP) is 1.78. The van der Waals surface area contributed by atoms with Crippen LogP contribution in [0.15, 0.2) is 16.6 Å². The number of nitrogens with one attached hydrogen (secondary N) is 2. The van der Waals surface area contributed by atoms with Crippen LogP contribution in [0, 0.1) is 23.0 Å². The number of nitrogens with zero attached hydrogens (tertiary/aromatic N) is 1. The van der Waals surface area contributed by atoms with Crippen molar-refractivity contribution in [1.29, 1.82) is 5.26 Å². The molecule has 0 saturated heterocycles. The number of halogens is 3. The Bertz CT molecular complexity index is 473. The average molecular weight is 304 g/mol. The second-order valence-electron chi connectivity index (χ2n) is 3.03. The first kappa shape index (κ1) is 13.4. The van der Waals surface area contributed by atoms with Gasteiger partial charge in [0.15, 0.2) is 0 Å². The van der Waals surface area contributed by atoms with Crippen LogP contribution in [0.3, 0.4) is 0 Å². The molecule has 0 aliphatic carbocycles. The maximum absolute atomic E-state index is 13.2. The zero-order valence-electron chi connectivity index (χ0n) is 8.56. The highest BCUT2D eigenvalue weighted by Gasteiger charge is 2.09. The van der Waals surface area contributed by atoms with Gasteiger partial charge in [-0.3, -0.25) is 4.79 Å². The van der Waals surface area contributed by atoms with Crippen molar-refractivity contribution in [3.8, 4) is 6.07 Å². The minimum atomic E-state index is -0.793. The molecule has 90 valence electrons. The van der Waals surface area contributed by atoms with Gasteiger partial charge in [-0.25, -0.2) is 8.78 Å². The van der Waals surface area contributed by atoms with E-state index in [4.69, 9.17) is 5.26 Å². The molecule has 1 aromatic rings. The zero-order valence-corrected chi connectivity index (χ0v) is 10.1. The van der Waals surface area contributed by atoms with Crippen molar-refractivity contribution in [3.63, 3.8) is 0 Å². The molecular formula is C10H8BrF2N3O. The van der Waals surface area contributed by atoms with Crippen LogP contribution in [0.5, 0.6) is 0 Å². The van der Waals surface area contributed by atoms with Gasteiger partial charge >= 0.3 is 0 Å². The fourth-order valence-corrected chi connectivity index (χ4v) is 1.38. The predicted molar refractivity (Wildman–Crippen MR) is 61.2 cm³/mol. The third kappa shape index (κ3) is 4.00. The molecule has 0 aliphatic heterocycles.